The van der Waals surface area contributed by atoms with Crippen molar-refractivity contribution in [3.05, 3.63) is 52.5 Å². The Morgan fingerprint density at radius 2 is 2.10 bits per heavy atom. The van der Waals surface area contributed by atoms with Gasteiger partial charge in [0.1, 0.15) is 5.75 Å². The summed E-state index contributed by atoms with van der Waals surface area (Å²) >= 11 is 6.26. The summed E-state index contributed by atoms with van der Waals surface area (Å²) in [6.45, 7) is 2.41. The first-order valence-electron chi connectivity index (χ1n) is 6.62. The summed E-state index contributed by atoms with van der Waals surface area (Å²) in [4.78, 5) is 13.8. The highest BCUT2D eigenvalue weighted by molar-refractivity contribution is 6.31. The van der Waals surface area contributed by atoms with E-state index in [1.165, 1.54) is 0 Å². The predicted octanol–water partition coefficient (Wildman–Crippen LogP) is 3.16. The lowest BCUT2D eigenvalue weighted by Gasteiger charge is -2.30. The molecule has 1 aliphatic heterocycles. The van der Waals surface area contributed by atoms with Crippen molar-refractivity contribution in [2.45, 2.75) is 13.5 Å². The molecule has 0 saturated heterocycles. The number of aryl methyl sites for hydroxylation is 1. The molecule has 2 N–H and O–H groups in total. The fraction of sp³-hybridized carbons (Fsp3) is 0.188. The van der Waals surface area contributed by atoms with Gasteiger partial charge in [0.05, 0.1) is 12.2 Å². The van der Waals surface area contributed by atoms with E-state index in [1.54, 1.807) is 23.1 Å². The van der Waals surface area contributed by atoms with Gasteiger partial charge in [-0.2, -0.15) is 0 Å². The summed E-state index contributed by atoms with van der Waals surface area (Å²) in [5.74, 6) is 0.553. The number of anilines is 2. The molecular weight excluding hydrogens is 288 g/mol. The molecule has 0 aromatic heterocycles. The number of carbonyl (C=O) groups excluding carboxylic acids is 1. The summed E-state index contributed by atoms with van der Waals surface area (Å²) in [5.41, 5.74) is 9.07. The molecule has 0 unspecified atom stereocenters. The average molecular weight is 303 g/mol. The lowest BCUT2D eigenvalue weighted by atomic mass is 10.1. The largest absolute Gasteiger partial charge is 0.482 e. The molecule has 3 rings (SSSR count). The number of rotatable bonds is 2. The van der Waals surface area contributed by atoms with Crippen LogP contribution in [0.15, 0.2) is 36.4 Å². The van der Waals surface area contributed by atoms with Gasteiger partial charge in [-0.05, 0) is 42.3 Å². The van der Waals surface area contributed by atoms with Crippen molar-refractivity contribution in [3.8, 4) is 5.75 Å². The minimum Gasteiger partial charge on any atom is -0.482 e. The molecule has 2 aromatic rings. The van der Waals surface area contributed by atoms with Gasteiger partial charge in [0.2, 0.25) is 0 Å². The van der Waals surface area contributed by atoms with Crippen molar-refractivity contribution in [1.82, 2.24) is 0 Å². The Hall–Kier alpha value is -2.20. The number of hydrogen-bond donors (Lipinski definition) is 1. The van der Waals surface area contributed by atoms with E-state index >= 15 is 0 Å². The van der Waals surface area contributed by atoms with E-state index in [4.69, 9.17) is 22.1 Å². The van der Waals surface area contributed by atoms with Crippen LogP contribution in [0.4, 0.5) is 11.4 Å². The van der Waals surface area contributed by atoms with E-state index in [0.717, 1.165) is 11.1 Å². The first kappa shape index (κ1) is 13.8. The lowest BCUT2D eigenvalue weighted by Crippen LogP contribution is -2.38. The zero-order valence-electron chi connectivity index (χ0n) is 11.6. The quantitative estimate of drug-likeness (QED) is 0.867. The first-order valence-corrected chi connectivity index (χ1v) is 7.00. The van der Waals surface area contributed by atoms with Gasteiger partial charge in [0.15, 0.2) is 6.61 Å². The first-order chi connectivity index (χ1) is 10.0. The second-order valence-corrected chi connectivity index (χ2v) is 5.50. The number of nitrogens with two attached hydrogens (primary N) is 1. The van der Waals surface area contributed by atoms with E-state index < -0.39 is 0 Å². The minimum absolute atomic E-state index is 0.0282. The second-order valence-electron chi connectivity index (χ2n) is 5.09. The lowest BCUT2D eigenvalue weighted by molar-refractivity contribution is -0.121. The molecule has 1 aliphatic rings. The van der Waals surface area contributed by atoms with Gasteiger partial charge < -0.3 is 15.4 Å². The van der Waals surface area contributed by atoms with Crippen molar-refractivity contribution < 1.29 is 9.53 Å². The van der Waals surface area contributed by atoms with Crippen LogP contribution < -0.4 is 15.4 Å². The van der Waals surface area contributed by atoms with Gasteiger partial charge in [0.25, 0.3) is 5.91 Å². The van der Waals surface area contributed by atoms with Crippen LogP contribution in [0.5, 0.6) is 5.75 Å². The molecule has 2 aromatic carbocycles. The zero-order chi connectivity index (χ0) is 15.0. The van der Waals surface area contributed by atoms with Gasteiger partial charge in [-0.1, -0.05) is 23.7 Å². The molecule has 4 nitrogen and oxygen atoms in total. The topological polar surface area (TPSA) is 55.6 Å². The summed E-state index contributed by atoms with van der Waals surface area (Å²) in [6.07, 6.45) is 0. The van der Waals surface area contributed by atoms with E-state index in [0.29, 0.717) is 28.7 Å². The van der Waals surface area contributed by atoms with Gasteiger partial charge in [-0.25, -0.2) is 0 Å². The maximum Gasteiger partial charge on any atom is 0.265 e. The molecular formula is C16H15ClN2O2. The van der Waals surface area contributed by atoms with Crippen LogP contribution in [0.25, 0.3) is 0 Å². The zero-order valence-corrected chi connectivity index (χ0v) is 12.4. The van der Waals surface area contributed by atoms with Crippen molar-refractivity contribution in [2.75, 3.05) is 17.2 Å². The maximum atomic E-state index is 12.2. The van der Waals surface area contributed by atoms with Gasteiger partial charge in [0, 0.05) is 10.7 Å². The van der Waals surface area contributed by atoms with Crippen LogP contribution in [0.3, 0.4) is 0 Å². The number of benzene rings is 2. The molecule has 1 heterocycles. The number of fused-ring (bicyclic) bond motifs is 1. The maximum absolute atomic E-state index is 12.2. The molecule has 0 spiro atoms. The molecule has 0 aliphatic carbocycles. The van der Waals surface area contributed by atoms with E-state index in [-0.39, 0.29) is 12.5 Å². The minimum atomic E-state index is -0.107. The summed E-state index contributed by atoms with van der Waals surface area (Å²) in [5, 5.41) is 0.653. The number of halogens is 1. The molecule has 0 atom stereocenters. The Morgan fingerprint density at radius 3 is 2.86 bits per heavy atom. The standard InChI is InChI=1S/C16H15ClN2O2/c1-10-2-3-11(13(17)6-10)8-19-14-7-12(18)4-5-15(14)21-9-16(19)20/h2-7H,8-9,18H2,1H3. The van der Waals surface area contributed by atoms with Crippen molar-refractivity contribution in [3.63, 3.8) is 0 Å². The van der Waals surface area contributed by atoms with Crippen molar-refractivity contribution >= 4 is 28.9 Å². The Labute approximate surface area is 128 Å². The normalized spacial score (nSPS) is 13.8. The van der Waals surface area contributed by atoms with Gasteiger partial charge in [-0.15, -0.1) is 0 Å². The van der Waals surface area contributed by atoms with Gasteiger partial charge >= 0.3 is 0 Å². The number of ether oxygens (including phenoxy) is 1. The third-order valence-electron chi connectivity index (χ3n) is 3.46. The number of hydrogen-bond acceptors (Lipinski definition) is 3. The molecule has 0 radical (unpaired) electrons. The molecule has 1 amide bonds. The van der Waals surface area contributed by atoms with Crippen LogP contribution in [0.2, 0.25) is 5.02 Å². The van der Waals surface area contributed by atoms with Crippen LogP contribution in [-0.2, 0) is 11.3 Å². The fourth-order valence-electron chi connectivity index (χ4n) is 2.34. The highest BCUT2D eigenvalue weighted by atomic mass is 35.5. The van der Waals surface area contributed by atoms with Crippen LogP contribution in [0, 0.1) is 6.92 Å². The summed E-state index contributed by atoms with van der Waals surface area (Å²) < 4.78 is 5.43. The number of carbonyl (C=O) groups is 1. The van der Waals surface area contributed by atoms with Crippen LogP contribution in [0.1, 0.15) is 11.1 Å². The average Bonchev–Trinajstić information content (AvgIpc) is 2.44. The monoisotopic (exact) mass is 302 g/mol. The molecule has 0 fully saturated rings. The molecule has 108 valence electrons. The third-order valence-corrected chi connectivity index (χ3v) is 3.81. The van der Waals surface area contributed by atoms with E-state index in [1.807, 2.05) is 25.1 Å². The van der Waals surface area contributed by atoms with E-state index in [2.05, 4.69) is 0 Å². The van der Waals surface area contributed by atoms with Crippen molar-refractivity contribution in [2.24, 2.45) is 0 Å². The van der Waals surface area contributed by atoms with Crippen molar-refractivity contribution in [1.29, 1.82) is 0 Å². The smallest absolute Gasteiger partial charge is 0.265 e. The van der Waals surface area contributed by atoms with Gasteiger partial charge in [-0.3, -0.25) is 4.79 Å². The second kappa shape index (κ2) is 5.30. The summed E-state index contributed by atoms with van der Waals surface area (Å²) in [7, 11) is 0. The SMILES string of the molecule is Cc1ccc(CN2C(=O)COc3ccc(N)cc32)c(Cl)c1. The highest BCUT2D eigenvalue weighted by Gasteiger charge is 2.26. The number of nitrogen functional groups attached to an aromatic ring is 1. The Kier molecular flexibility index (Phi) is 3.47. The molecule has 5 heteroatoms. The Balaban J connectivity index is 1.98. The molecule has 21 heavy (non-hydrogen) atoms. The highest BCUT2D eigenvalue weighted by Crippen LogP contribution is 2.35. The summed E-state index contributed by atoms with van der Waals surface area (Å²) in [6, 6.07) is 11.1. The van der Waals surface area contributed by atoms with Crippen LogP contribution >= 0.6 is 11.6 Å². The van der Waals surface area contributed by atoms with Crippen LogP contribution in [-0.4, -0.2) is 12.5 Å². The molecule has 0 bridgehead atoms. The number of amides is 1. The number of nitrogens with zero attached hydrogens (tertiary/aromatic N) is 1. The fourth-order valence-corrected chi connectivity index (χ4v) is 2.64. The Bertz CT molecular complexity index is 715. The molecule has 0 saturated carbocycles. The third kappa shape index (κ3) is 2.67. The predicted molar refractivity (Wildman–Crippen MR) is 83.7 cm³/mol. The van der Waals surface area contributed by atoms with E-state index in [9.17, 15) is 4.79 Å². The Morgan fingerprint density at radius 1 is 1.29 bits per heavy atom.